The summed E-state index contributed by atoms with van der Waals surface area (Å²) in [6.45, 7) is 3.08. The standard InChI is InChI=1S/C14H15NO3S/c1-9(16)14-15-11(8-19-14)10-3-4-12-13(7-10)18-6-2-5-17-12/h3-4,7-9,16H,2,5-6H2,1H3. The van der Waals surface area contributed by atoms with Crippen molar-refractivity contribution in [1.29, 1.82) is 0 Å². The smallest absolute Gasteiger partial charge is 0.161 e. The summed E-state index contributed by atoms with van der Waals surface area (Å²) in [5.41, 5.74) is 1.84. The first-order chi connectivity index (χ1) is 9.24. The third-order valence-electron chi connectivity index (χ3n) is 2.92. The summed E-state index contributed by atoms with van der Waals surface area (Å²) >= 11 is 1.46. The number of rotatable bonds is 2. The second kappa shape index (κ2) is 5.19. The highest BCUT2D eigenvalue weighted by atomic mass is 32.1. The van der Waals surface area contributed by atoms with Crippen molar-refractivity contribution < 1.29 is 14.6 Å². The Balaban J connectivity index is 1.94. The first kappa shape index (κ1) is 12.4. The van der Waals surface area contributed by atoms with Crippen molar-refractivity contribution >= 4 is 11.3 Å². The van der Waals surface area contributed by atoms with Crippen molar-refractivity contribution in [3.63, 3.8) is 0 Å². The Morgan fingerprint density at radius 3 is 2.79 bits per heavy atom. The van der Waals surface area contributed by atoms with E-state index in [2.05, 4.69) is 4.98 Å². The van der Waals surface area contributed by atoms with Crippen LogP contribution in [0.4, 0.5) is 0 Å². The van der Waals surface area contributed by atoms with E-state index in [4.69, 9.17) is 9.47 Å². The van der Waals surface area contributed by atoms with Gasteiger partial charge in [0.05, 0.1) is 18.9 Å². The van der Waals surface area contributed by atoms with Gasteiger partial charge in [0.2, 0.25) is 0 Å². The van der Waals surface area contributed by atoms with Crippen LogP contribution in [-0.4, -0.2) is 23.3 Å². The number of thiazole rings is 1. The summed E-state index contributed by atoms with van der Waals surface area (Å²) in [5, 5.41) is 12.2. The molecule has 0 amide bonds. The number of aliphatic hydroxyl groups is 1. The summed E-state index contributed by atoms with van der Waals surface area (Å²) < 4.78 is 11.3. The van der Waals surface area contributed by atoms with Gasteiger partial charge in [-0.3, -0.25) is 0 Å². The van der Waals surface area contributed by atoms with Gasteiger partial charge in [-0.25, -0.2) is 4.98 Å². The van der Waals surface area contributed by atoms with Crippen molar-refractivity contribution in [3.05, 3.63) is 28.6 Å². The van der Waals surface area contributed by atoms with Gasteiger partial charge in [-0.05, 0) is 25.1 Å². The molecule has 0 spiro atoms. The van der Waals surface area contributed by atoms with Crippen LogP contribution in [0, 0.1) is 0 Å². The largest absolute Gasteiger partial charge is 0.490 e. The third kappa shape index (κ3) is 2.57. The Morgan fingerprint density at radius 1 is 1.26 bits per heavy atom. The number of aromatic nitrogens is 1. The number of fused-ring (bicyclic) bond motifs is 1. The zero-order valence-electron chi connectivity index (χ0n) is 10.6. The van der Waals surface area contributed by atoms with Gasteiger partial charge < -0.3 is 14.6 Å². The van der Waals surface area contributed by atoms with E-state index in [1.807, 2.05) is 23.6 Å². The molecular weight excluding hydrogens is 262 g/mol. The number of hydrogen-bond acceptors (Lipinski definition) is 5. The zero-order chi connectivity index (χ0) is 13.2. The van der Waals surface area contributed by atoms with Crippen molar-refractivity contribution in [3.8, 4) is 22.8 Å². The summed E-state index contributed by atoms with van der Waals surface area (Å²) in [7, 11) is 0. The lowest BCUT2D eigenvalue weighted by Gasteiger charge is -2.08. The Bertz CT molecular complexity index is 580. The molecule has 0 radical (unpaired) electrons. The molecule has 1 aromatic carbocycles. The Hall–Kier alpha value is -1.59. The SMILES string of the molecule is CC(O)c1nc(-c2ccc3c(c2)OCCCO3)cs1. The first-order valence-electron chi connectivity index (χ1n) is 6.27. The minimum Gasteiger partial charge on any atom is -0.490 e. The van der Waals surface area contributed by atoms with Crippen LogP contribution in [0.5, 0.6) is 11.5 Å². The zero-order valence-corrected chi connectivity index (χ0v) is 11.4. The van der Waals surface area contributed by atoms with Gasteiger partial charge in [-0.1, -0.05) is 0 Å². The van der Waals surface area contributed by atoms with E-state index in [1.54, 1.807) is 6.92 Å². The fraction of sp³-hybridized carbons (Fsp3) is 0.357. The van der Waals surface area contributed by atoms with Crippen molar-refractivity contribution in [2.45, 2.75) is 19.4 Å². The molecule has 1 N–H and O–H groups in total. The predicted octanol–water partition coefficient (Wildman–Crippen LogP) is 3.02. The molecule has 3 rings (SSSR count). The average molecular weight is 277 g/mol. The molecule has 0 aliphatic carbocycles. The maximum absolute atomic E-state index is 9.52. The predicted molar refractivity (Wildman–Crippen MR) is 73.8 cm³/mol. The van der Waals surface area contributed by atoms with Crippen molar-refractivity contribution in [2.24, 2.45) is 0 Å². The van der Waals surface area contributed by atoms with Crippen LogP contribution in [-0.2, 0) is 0 Å². The molecule has 5 heteroatoms. The molecule has 1 aliphatic heterocycles. The van der Waals surface area contributed by atoms with Crippen LogP contribution in [0.2, 0.25) is 0 Å². The van der Waals surface area contributed by atoms with Crippen LogP contribution < -0.4 is 9.47 Å². The Labute approximate surface area is 115 Å². The van der Waals surface area contributed by atoms with Crippen LogP contribution in [0.15, 0.2) is 23.6 Å². The molecule has 1 unspecified atom stereocenters. The minimum atomic E-state index is -0.529. The minimum absolute atomic E-state index is 0.529. The summed E-state index contributed by atoms with van der Waals surface area (Å²) in [6.07, 6.45) is 0.367. The summed E-state index contributed by atoms with van der Waals surface area (Å²) in [5.74, 6) is 1.55. The van der Waals surface area contributed by atoms with Crippen LogP contribution in [0.3, 0.4) is 0 Å². The van der Waals surface area contributed by atoms with E-state index in [1.165, 1.54) is 11.3 Å². The number of nitrogens with zero attached hydrogens (tertiary/aromatic N) is 1. The molecule has 2 heterocycles. The molecule has 4 nitrogen and oxygen atoms in total. The van der Waals surface area contributed by atoms with Crippen LogP contribution >= 0.6 is 11.3 Å². The number of hydrogen-bond donors (Lipinski definition) is 1. The van der Waals surface area contributed by atoms with Gasteiger partial charge in [0.15, 0.2) is 11.5 Å². The van der Waals surface area contributed by atoms with Crippen LogP contribution in [0.25, 0.3) is 11.3 Å². The Morgan fingerprint density at radius 2 is 2.05 bits per heavy atom. The molecule has 1 aliphatic rings. The average Bonchev–Trinajstić information content (AvgIpc) is 2.78. The fourth-order valence-electron chi connectivity index (χ4n) is 1.93. The number of ether oxygens (including phenoxy) is 2. The highest BCUT2D eigenvalue weighted by molar-refractivity contribution is 7.10. The molecule has 1 atom stereocenters. The Kier molecular flexibility index (Phi) is 3.40. The lowest BCUT2D eigenvalue weighted by molar-refractivity contribution is 0.199. The fourth-order valence-corrected chi connectivity index (χ4v) is 2.70. The topological polar surface area (TPSA) is 51.6 Å². The van der Waals surface area contributed by atoms with E-state index in [-0.39, 0.29) is 0 Å². The van der Waals surface area contributed by atoms with E-state index in [0.717, 1.165) is 34.2 Å². The van der Waals surface area contributed by atoms with Gasteiger partial charge in [0.25, 0.3) is 0 Å². The highest BCUT2D eigenvalue weighted by Gasteiger charge is 2.13. The molecule has 2 aromatic rings. The molecule has 19 heavy (non-hydrogen) atoms. The molecule has 0 bridgehead atoms. The maximum Gasteiger partial charge on any atom is 0.161 e. The lowest BCUT2D eigenvalue weighted by Crippen LogP contribution is -1.97. The van der Waals surface area contributed by atoms with E-state index in [0.29, 0.717) is 13.2 Å². The number of benzene rings is 1. The van der Waals surface area contributed by atoms with Gasteiger partial charge in [0, 0.05) is 17.4 Å². The molecule has 0 saturated carbocycles. The van der Waals surface area contributed by atoms with Crippen molar-refractivity contribution in [2.75, 3.05) is 13.2 Å². The van der Waals surface area contributed by atoms with Gasteiger partial charge >= 0.3 is 0 Å². The summed E-state index contributed by atoms with van der Waals surface area (Å²) in [4.78, 5) is 4.42. The second-order valence-electron chi connectivity index (χ2n) is 4.46. The summed E-state index contributed by atoms with van der Waals surface area (Å²) in [6, 6.07) is 5.83. The van der Waals surface area contributed by atoms with Crippen molar-refractivity contribution in [1.82, 2.24) is 4.98 Å². The lowest BCUT2D eigenvalue weighted by atomic mass is 10.1. The first-order valence-corrected chi connectivity index (χ1v) is 7.15. The quantitative estimate of drug-likeness (QED) is 0.916. The third-order valence-corrected chi connectivity index (χ3v) is 3.94. The van der Waals surface area contributed by atoms with Crippen LogP contribution in [0.1, 0.15) is 24.5 Å². The van der Waals surface area contributed by atoms with Gasteiger partial charge in [-0.2, -0.15) is 0 Å². The molecule has 0 fully saturated rings. The maximum atomic E-state index is 9.52. The molecule has 1 aromatic heterocycles. The highest BCUT2D eigenvalue weighted by Crippen LogP contribution is 2.35. The normalized spacial score (nSPS) is 15.9. The molecular formula is C14H15NO3S. The second-order valence-corrected chi connectivity index (χ2v) is 5.35. The molecule has 100 valence electrons. The van der Waals surface area contributed by atoms with E-state index in [9.17, 15) is 5.11 Å². The monoisotopic (exact) mass is 277 g/mol. The van der Waals surface area contributed by atoms with E-state index >= 15 is 0 Å². The number of aliphatic hydroxyl groups excluding tert-OH is 1. The van der Waals surface area contributed by atoms with Gasteiger partial charge in [-0.15, -0.1) is 11.3 Å². The van der Waals surface area contributed by atoms with Gasteiger partial charge in [0.1, 0.15) is 11.1 Å². The molecule has 0 saturated heterocycles. The van der Waals surface area contributed by atoms with E-state index < -0.39 is 6.10 Å².